The van der Waals surface area contributed by atoms with Gasteiger partial charge in [-0.05, 0) is 125 Å². The fraction of sp³-hybridized carbons (Fsp3) is 0.0526. The second-order valence-corrected chi connectivity index (χ2v) is 24.2. The van der Waals surface area contributed by atoms with Crippen LogP contribution in [-0.2, 0) is 0 Å². The minimum atomic E-state index is -1.59. The topological polar surface area (TPSA) is 0 Å². The first-order chi connectivity index (χ1) is 30.1. The van der Waals surface area contributed by atoms with Crippen molar-refractivity contribution in [2.45, 2.75) is 20.8 Å². The summed E-state index contributed by atoms with van der Waals surface area (Å²) in [4.78, 5) is 0. The Balaban J connectivity index is 1.30. The standard InChI is InChI=1S/C57H48P3Si/c1-43-52(58(46-25-10-4-11-26-46)47-27-12-5-13-28-47)37-22-40-55(43)61(56-41-23-38-53(44(56)2)59(48-29-14-6-15-30-48)49-31-16-7-17-32-49)57-42-24-39-54(45(57)3)60(50-33-18-8-19-34-50)51-35-20-9-21-36-51/h4-42H,1-3H3. The fourth-order valence-electron chi connectivity index (χ4n) is 8.59. The van der Waals surface area contributed by atoms with E-state index in [9.17, 15) is 0 Å². The van der Waals surface area contributed by atoms with E-state index < -0.39 is 32.6 Å². The molecule has 0 saturated carbocycles. The molecule has 0 aromatic heterocycles. The van der Waals surface area contributed by atoms with E-state index in [0.29, 0.717) is 0 Å². The maximum atomic E-state index is 2.46. The molecule has 295 valence electrons. The molecule has 0 bridgehead atoms. The zero-order chi connectivity index (χ0) is 41.5. The third-order valence-electron chi connectivity index (χ3n) is 11.5. The van der Waals surface area contributed by atoms with Crippen LogP contribution in [0.3, 0.4) is 0 Å². The summed E-state index contributed by atoms with van der Waals surface area (Å²) < 4.78 is 0. The molecular formula is C57H48P3Si. The van der Waals surface area contributed by atoms with Gasteiger partial charge >= 0.3 is 0 Å². The van der Waals surface area contributed by atoms with Crippen LogP contribution in [0.25, 0.3) is 0 Å². The average Bonchev–Trinajstić information content (AvgIpc) is 3.32. The van der Waals surface area contributed by atoms with Gasteiger partial charge in [0, 0.05) is 0 Å². The third-order valence-corrected chi connectivity index (χ3v) is 22.6. The molecule has 0 atom stereocenters. The first-order valence-electron chi connectivity index (χ1n) is 21.0. The summed E-state index contributed by atoms with van der Waals surface area (Å²) in [6.07, 6.45) is 0. The van der Waals surface area contributed by atoms with E-state index in [1.54, 1.807) is 0 Å². The second kappa shape index (κ2) is 19.0. The van der Waals surface area contributed by atoms with E-state index in [0.717, 1.165) is 0 Å². The van der Waals surface area contributed by atoms with E-state index in [1.807, 2.05) is 0 Å². The Morgan fingerprint density at radius 2 is 0.426 bits per heavy atom. The molecule has 0 aliphatic rings. The first-order valence-corrected chi connectivity index (χ1v) is 26.5. The Morgan fingerprint density at radius 3 is 0.623 bits per heavy atom. The van der Waals surface area contributed by atoms with Crippen LogP contribution < -0.4 is 63.3 Å². The number of hydrogen-bond acceptors (Lipinski definition) is 0. The van der Waals surface area contributed by atoms with Crippen LogP contribution in [0.2, 0.25) is 0 Å². The molecule has 0 spiro atoms. The van der Waals surface area contributed by atoms with Gasteiger partial charge in [-0.3, -0.25) is 0 Å². The summed E-state index contributed by atoms with van der Waals surface area (Å²) in [6, 6.07) is 88.7. The molecule has 1 radical (unpaired) electrons. The maximum Gasteiger partial charge on any atom is 0.155 e. The number of benzene rings is 9. The van der Waals surface area contributed by atoms with Gasteiger partial charge < -0.3 is 0 Å². The first kappa shape index (κ1) is 40.9. The summed E-state index contributed by atoms with van der Waals surface area (Å²) >= 11 is 0. The largest absolute Gasteiger partial charge is 0.155 e. The predicted octanol–water partition coefficient (Wildman–Crippen LogP) is 8.40. The molecule has 9 aromatic carbocycles. The normalized spacial score (nSPS) is 11.5. The molecule has 0 aliphatic heterocycles. The molecule has 0 aliphatic carbocycles. The second-order valence-electron chi connectivity index (χ2n) is 15.2. The molecule has 0 nitrogen and oxygen atoms in total. The molecule has 0 N–H and O–H groups in total. The van der Waals surface area contributed by atoms with E-state index in [2.05, 4.69) is 257 Å². The molecular weight excluding hydrogens is 806 g/mol. The molecule has 9 rings (SSSR count). The van der Waals surface area contributed by atoms with Crippen molar-refractivity contribution < 1.29 is 0 Å². The monoisotopic (exact) mass is 853 g/mol. The van der Waals surface area contributed by atoms with Crippen molar-refractivity contribution >= 4 is 95.9 Å². The molecule has 0 unspecified atom stereocenters. The summed E-state index contributed by atoms with van der Waals surface area (Å²) in [6.45, 7) is 7.24. The third kappa shape index (κ3) is 8.55. The van der Waals surface area contributed by atoms with Gasteiger partial charge in [0.1, 0.15) is 0 Å². The Labute approximate surface area is 367 Å². The molecule has 61 heavy (non-hydrogen) atoms. The van der Waals surface area contributed by atoms with Crippen molar-refractivity contribution in [1.29, 1.82) is 0 Å². The summed E-state index contributed by atoms with van der Waals surface area (Å²) in [7, 11) is -3.97. The summed E-state index contributed by atoms with van der Waals surface area (Å²) in [5, 5.41) is 17.0. The van der Waals surface area contributed by atoms with E-state index in [4.69, 9.17) is 0 Å². The van der Waals surface area contributed by atoms with Crippen molar-refractivity contribution in [3.8, 4) is 0 Å². The predicted molar refractivity (Wildman–Crippen MR) is 274 cm³/mol. The van der Waals surface area contributed by atoms with Crippen LogP contribution in [0.1, 0.15) is 16.7 Å². The van der Waals surface area contributed by atoms with E-state index >= 15 is 0 Å². The number of hydrogen-bond donors (Lipinski definition) is 0. The van der Waals surface area contributed by atoms with Gasteiger partial charge in [0.2, 0.25) is 0 Å². The van der Waals surface area contributed by atoms with Crippen molar-refractivity contribution in [3.05, 3.63) is 253 Å². The van der Waals surface area contributed by atoms with E-state index in [1.165, 1.54) is 80.0 Å². The van der Waals surface area contributed by atoms with Crippen LogP contribution in [0.4, 0.5) is 0 Å². The zero-order valence-corrected chi connectivity index (χ0v) is 38.5. The van der Waals surface area contributed by atoms with Gasteiger partial charge in [-0.2, -0.15) is 0 Å². The fourth-order valence-corrected chi connectivity index (χ4v) is 19.6. The van der Waals surface area contributed by atoms with Crippen LogP contribution in [0.5, 0.6) is 0 Å². The highest BCUT2D eigenvalue weighted by atomic mass is 31.1. The highest BCUT2D eigenvalue weighted by Crippen LogP contribution is 2.36. The molecule has 0 saturated heterocycles. The zero-order valence-electron chi connectivity index (χ0n) is 34.9. The maximum absolute atomic E-state index is 2.46. The lowest BCUT2D eigenvalue weighted by Crippen LogP contribution is -2.57. The van der Waals surface area contributed by atoms with Gasteiger partial charge in [-0.15, -0.1) is 0 Å². The smallest absolute Gasteiger partial charge is 0.0622 e. The molecule has 0 fully saturated rings. The van der Waals surface area contributed by atoms with Crippen LogP contribution in [-0.4, -0.2) is 8.80 Å². The van der Waals surface area contributed by atoms with Gasteiger partial charge in [0.05, 0.1) is 0 Å². The SMILES string of the molecule is Cc1c([Si](c2cccc(P(c3ccccc3)c3ccccc3)c2C)c2cccc(P(c3ccccc3)c3ccccc3)c2C)cccc1P(c1ccccc1)c1ccccc1. The van der Waals surface area contributed by atoms with Crippen LogP contribution in [0, 0.1) is 20.8 Å². The summed E-state index contributed by atoms with van der Waals surface area (Å²) in [5.74, 6) is 0. The minimum absolute atomic E-state index is 0.792. The van der Waals surface area contributed by atoms with Gasteiger partial charge in [0.25, 0.3) is 0 Å². The minimum Gasteiger partial charge on any atom is -0.0622 e. The van der Waals surface area contributed by atoms with Gasteiger partial charge in [0.15, 0.2) is 8.80 Å². The quantitative estimate of drug-likeness (QED) is 0.0659. The van der Waals surface area contributed by atoms with Crippen LogP contribution in [0.15, 0.2) is 237 Å². The Hall–Kier alpha value is -5.51. The Bertz CT molecular complexity index is 2400. The highest BCUT2D eigenvalue weighted by Gasteiger charge is 2.31. The van der Waals surface area contributed by atoms with Gasteiger partial charge in [-0.25, -0.2) is 0 Å². The Morgan fingerprint density at radius 1 is 0.230 bits per heavy atom. The van der Waals surface area contributed by atoms with Crippen molar-refractivity contribution in [1.82, 2.24) is 0 Å². The van der Waals surface area contributed by atoms with E-state index in [-0.39, 0.29) is 0 Å². The lowest BCUT2D eigenvalue weighted by atomic mass is 10.2. The molecule has 0 heterocycles. The van der Waals surface area contributed by atoms with Crippen LogP contribution >= 0.6 is 23.8 Å². The highest BCUT2D eigenvalue weighted by molar-refractivity contribution is 7.80. The van der Waals surface area contributed by atoms with Gasteiger partial charge in [-0.1, -0.05) is 237 Å². The lowest BCUT2D eigenvalue weighted by Gasteiger charge is -2.30. The molecule has 9 aromatic rings. The molecule has 0 amide bonds. The number of rotatable bonds is 12. The van der Waals surface area contributed by atoms with Crippen molar-refractivity contribution in [2.24, 2.45) is 0 Å². The molecule has 4 heteroatoms. The average molecular weight is 854 g/mol. The van der Waals surface area contributed by atoms with Crippen molar-refractivity contribution in [3.63, 3.8) is 0 Å². The van der Waals surface area contributed by atoms with Crippen molar-refractivity contribution in [2.75, 3.05) is 0 Å². The summed E-state index contributed by atoms with van der Waals surface area (Å²) in [5.41, 5.74) is 4.23. The Kier molecular flexibility index (Phi) is 12.8. The lowest BCUT2D eigenvalue weighted by molar-refractivity contribution is 1.52.